The lowest BCUT2D eigenvalue weighted by molar-refractivity contribution is 0.305. The molecule has 0 aromatic carbocycles. The van der Waals surface area contributed by atoms with Gasteiger partial charge in [0.25, 0.3) is 0 Å². The molecule has 4 N–H and O–H groups in total. The Bertz CT molecular complexity index is 283. The van der Waals surface area contributed by atoms with E-state index < -0.39 is 0 Å². The largest absolute Gasteiger partial charge is 0.330 e. The Morgan fingerprint density at radius 3 is 2.54 bits per heavy atom. The first-order valence-corrected chi connectivity index (χ1v) is 5.37. The molecule has 74 valence electrons. The summed E-state index contributed by atoms with van der Waals surface area (Å²) in [7, 11) is 0. The van der Waals surface area contributed by atoms with Gasteiger partial charge in [-0.15, -0.1) is 11.3 Å². The maximum Gasteiger partial charge on any atom is 0.0931 e. The Balaban J connectivity index is 2.84. The molecule has 1 unspecified atom stereocenters. The summed E-state index contributed by atoms with van der Waals surface area (Å²) in [6, 6.07) is 3.80. The second-order valence-electron chi connectivity index (χ2n) is 3.81. The standard InChI is InChI=1S/C9H15ClN2S/c1-9(2,5-11)8(12)6-3-4-7(10)13-6/h3-4,8H,5,11-12H2,1-2H3. The average molecular weight is 219 g/mol. The highest BCUT2D eigenvalue weighted by Crippen LogP contribution is 2.35. The molecule has 0 amide bonds. The summed E-state index contributed by atoms with van der Waals surface area (Å²) in [5, 5.41) is 0. The third-order valence-electron chi connectivity index (χ3n) is 2.27. The maximum absolute atomic E-state index is 6.07. The fourth-order valence-corrected chi connectivity index (χ4v) is 2.28. The highest BCUT2D eigenvalue weighted by molar-refractivity contribution is 7.16. The lowest BCUT2D eigenvalue weighted by Gasteiger charge is -2.29. The van der Waals surface area contributed by atoms with Gasteiger partial charge >= 0.3 is 0 Å². The van der Waals surface area contributed by atoms with Crippen molar-refractivity contribution in [2.45, 2.75) is 19.9 Å². The lowest BCUT2D eigenvalue weighted by atomic mass is 9.84. The lowest BCUT2D eigenvalue weighted by Crippen LogP contribution is -2.35. The van der Waals surface area contributed by atoms with Gasteiger partial charge in [-0.05, 0) is 24.1 Å². The molecule has 0 fully saturated rings. The highest BCUT2D eigenvalue weighted by Gasteiger charge is 2.27. The molecule has 0 radical (unpaired) electrons. The van der Waals surface area contributed by atoms with E-state index in [4.69, 9.17) is 23.1 Å². The Labute approximate surface area is 87.9 Å². The number of hydrogen-bond donors (Lipinski definition) is 2. The van der Waals surface area contributed by atoms with Crippen molar-refractivity contribution in [3.05, 3.63) is 21.3 Å². The summed E-state index contributed by atoms with van der Waals surface area (Å²) < 4.78 is 0.776. The van der Waals surface area contributed by atoms with Crippen molar-refractivity contribution in [3.8, 4) is 0 Å². The number of halogens is 1. The molecule has 0 aliphatic heterocycles. The first-order valence-electron chi connectivity index (χ1n) is 4.18. The van der Waals surface area contributed by atoms with Crippen molar-refractivity contribution in [3.63, 3.8) is 0 Å². The summed E-state index contributed by atoms with van der Waals surface area (Å²) in [5.41, 5.74) is 11.6. The van der Waals surface area contributed by atoms with Crippen LogP contribution in [0.3, 0.4) is 0 Å². The average Bonchev–Trinajstić information content (AvgIpc) is 2.50. The second kappa shape index (κ2) is 3.96. The van der Waals surface area contributed by atoms with Crippen molar-refractivity contribution in [1.82, 2.24) is 0 Å². The van der Waals surface area contributed by atoms with E-state index in [1.54, 1.807) is 0 Å². The van der Waals surface area contributed by atoms with Crippen LogP contribution in [-0.2, 0) is 0 Å². The van der Waals surface area contributed by atoms with Gasteiger partial charge in [0.2, 0.25) is 0 Å². The van der Waals surface area contributed by atoms with Crippen LogP contribution < -0.4 is 11.5 Å². The van der Waals surface area contributed by atoms with E-state index in [-0.39, 0.29) is 11.5 Å². The minimum atomic E-state index is -0.0752. The number of thiophene rings is 1. The summed E-state index contributed by atoms with van der Waals surface area (Å²) >= 11 is 7.35. The van der Waals surface area contributed by atoms with Crippen LogP contribution in [0.2, 0.25) is 4.34 Å². The number of nitrogens with two attached hydrogens (primary N) is 2. The molecule has 0 aliphatic carbocycles. The molecule has 0 aliphatic rings. The van der Waals surface area contributed by atoms with Crippen LogP contribution in [0.1, 0.15) is 24.8 Å². The van der Waals surface area contributed by atoms with E-state index >= 15 is 0 Å². The van der Waals surface area contributed by atoms with Crippen molar-refractivity contribution in [2.24, 2.45) is 16.9 Å². The zero-order valence-electron chi connectivity index (χ0n) is 7.88. The predicted molar refractivity (Wildman–Crippen MR) is 59.1 cm³/mol. The quantitative estimate of drug-likeness (QED) is 0.819. The zero-order valence-corrected chi connectivity index (χ0v) is 9.45. The van der Waals surface area contributed by atoms with E-state index in [1.807, 2.05) is 12.1 Å². The Morgan fingerprint density at radius 2 is 2.15 bits per heavy atom. The number of rotatable bonds is 3. The Kier molecular flexibility index (Phi) is 3.35. The molecule has 1 heterocycles. The predicted octanol–water partition coefficient (Wildman–Crippen LogP) is 2.39. The molecule has 1 aromatic heterocycles. The topological polar surface area (TPSA) is 52.0 Å². The third kappa shape index (κ3) is 2.44. The fraction of sp³-hybridized carbons (Fsp3) is 0.556. The minimum Gasteiger partial charge on any atom is -0.330 e. The second-order valence-corrected chi connectivity index (χ2v) is 5.56. The summed E-state index contributed by atoms with van der Waals surface area (Å²) in [6.07, 6.45) is 0. The van der Waals surface area contributed by atoms with E-state index in [2.05, 4.69) is 13.8 Å². The van der Waals surface area contributed by atoms with Gasteiger partial charge in [0.1, 0.15) is 0 Å². The van der Waals surface area contributed by atoms with Crippen LogP contribution >= 0.6 is 22.9 Å². The van der Waals surface area contributed by atoms with Gasteiger partial charge in [0, 0.05) is 10.9 Å². The van der Waals surface area contributed by atoms with Gasteiger partial charge in [0.05, 0.1) is 4.34 Å². The fourth-order valence-electron chi connectivity index (χ4n) is 1.01. The molecule has 13 heavy (non-hydrogen) atoms. The smallest absolute Gasteiger partial charge is 0.0931 e. The molecule has 1 rings (SSSR count). The highest BCUT2D eigenvalue weighted by atomic mass is 35.5. The van der Waals surface area contributed by atoms with E-state index in [0.717, 1.165) is 9.21 Å². The van der Waals surface area contributed by atoms with Gasteiger partial charge in [-0.3, -0.25) is 0 Å². The molecule has 2 nitrogen and oxygen atoms in total. The van der Waals surface area contributed by atoms with Gasteiger partial charge in [-0.25, -0.2) is 0 Å². The van der Waals surface area contributed by atoms with Gasteiger partial charge in [-0.1, -0.05) is 25.4 Å². The normalized spacial score (nSPS) is 14.5. The van der Waals surface area contributed by atoms with Crippen molar-refractivity contribution in [2.75, 3.05) is 6.54 Å². The van der Waals surface area contributed by atoms with E-state index in [1.165, 1.54) is 11.3 Å². The van der Waals surface area contributed by atoms with Crippen LogP contribution in [0.25, 0.3) is 0 Å². The monoisotopic (exact) mass is 218 g/mol. The van der Waals surface area contributed by atoms with Gasteiger partial charge in [-0.2, -0.15) is 0 Å². The molecular weight excluding hydrogens is 204 g/mol. The number of hydrogen-bond acceptors (Lipinski definition) is 3. The first kappa shape index (κ1) is 11.0. The van der Waals surface area contributed by atoms with Crippen LogP contribution in [0, 0.1) is 5.41 Å². The minimum absolute atomic E-state index is 0.0324. The van der Waals surface area contributed by atoms with E-state index in [0.29, 0.717) is 6.54 Å². The van der Waals surface area contributed by atoms with Crippen molar-refractivity contribution < 1.29 is 0 Å². The summed E-state index contributed by atoms with van der Waals surface area (Å²) in [5.74, 6) is 0. The third-order valence-corrected chi connectivity index (χ3v) is 3.58. The van der Waals surface area contributed by atoms with Crippen molar-refractivity contribution in [1.29, 1.82) is 0 Å². The molecule has 4 heteroatoms. The Morgan fingerprint density at radius 1 is 1.54 bits per heavy atom. The Hall–Kier alpha value is -0.0900. The van der Waals surface area contributed by atoms with Gasteiger partial charge < -0.3 is 11.5 Å². The van der Waals surface area contributed by atoms with Crippen LogP contribution in [-0.4, -0.2) is 6.54 Å². The molecule has 0 saturated carbocycles. The SMILES string of the molecule is CC(C)(CN)C(N)c1ccc(Cl)s1. The zero-order chi connectivity index (χ0) is 10.1. The maximum atomic E-state index is 6.07. The molecule has 1 aromatic rings. The van der Waals surface area contributed by atoms with Crippen molar-refractivity contribution >= 4 is 22.9 Å². The first-order chi connectivity index (χ1) is 5.97. The van der Waals surface area contributed by atoms with Gasteiger partial charge in [0.15, 0.2) is 0 Å². The summed E-state index contributed by atoms with van der Waals surface area (Å²) in [6.45, 7) is 4.69. The molecule has 0 bridgehead atoms. The molecular formula is C9H15ClN2S. The molecule has 0 spiro atoms. The summed E-state index contributed by atoms with van der Waals surface area (Å²) in [4.78, 5) is 1.10. The van der Waals surface area contributed by atoms with Crippen LogP contribution in [0.5, 0.6) is 0 Å². The van der Waals surface area contributed by atoms with E-state index in [9.17, 15) is 0 Å². The van der Waals surface area contributed by atoms with Crippen LogP contribution in [0.4, 0.5) is 0 Å². The molecule has 1 atom stereocenters. The van der Waals surface area contributed by atoms with Crippen LogP contribution in [0.15, 0.2) is 12.1 Å². The molecule has 0 saturated heterocycles.